The summed E-state index contributed by atoms with van der Waals surface area (Å²) in [4.78, 5) is 12.1. The van der Waals surface area contributed by atoms with E-state index in [2.05, 4.69) is 15.5 Å². The van der Waals surface area contributed by atoms with Gasteiger partial charge in [-0.1, -0.05) is 0 Å². The highest BCUT2D eigenvalue weighted by Gasteiger charge is 2.35. The van der Waals surface area contributed by atoms with Crippen molar-refractivity contribution >= 4 is 5.91 Å². The Balaban J connectivity index is 1.67. The Hall–Kier alpha value is -1.36. The summed E-state index contributed by atoms with van der Waals surface area (Å²) in [6.45, 7) is 0.341. The van der Waals surface area contributed by atoms with E-state index in [-0.39, 0.29) is 5.91 Å². The van der Waals surface area contributed by atoms with Gasteiger partial charge in [0, 0.05) is 17.8 Å². The highest BCUT2D eigenvalue weighted by Crippen LogP contribution is 2.30. The zero-order valence-corrected chi connectivity index (χ0v) is 10.5. The molecule has 1 amide bonds. The Morgan fingerprint density at radius 1 is 1.33 bits per heavy atom. The summed E-state index contributed by atoms with van der Waals surface area (Å²) >= 11 is 0. The molecule has 2 aliphatic rings. The number of nitrogens with one attached hydrogen (secondary N) is 2. The van der Waals surface area contributed by atoms with Gasteiger partial charge in [-0.3, -0.25) is 9.89 Å². The van der Waals surface area contributed by atoms with Crippen LogP contribution in [-0.4, -0.2) is 33.4 Å². The fraction of sp³-hybridized carbons (Fsp3) is 0.692. The molecule has 1 fully saturated rings. The summed E-state index contributed by atoms with van der Waals surface area (Å²) in [6, 6.07) is 0. The molecule has 5 heteroatoms. The Morgan fingerprint density at radius 2 is 2.11 bits per heavy atom. The lowest BCUT2D eigenvalue weighted by molar-refractivity contribution is -0.0300. The number of aliphatic hydroxyl groups is 1. The monoisotopic (exact) mass is 249 g/mol. The average Bonchev–Trinajstić information content (AvgIpc) is 2.77. The van der Waals surface area contributed by atoms with E-state index in [0.717, 1.165) is 56.2 Å². The number of H-pyrrole nitrogens is 1. The molecule has 0 radical (unpaired) electrons. The minimum atomic E-state index is -0.675. The van der Waals surface area contributed by atoms with Crippen LogP contribution in [-0.2, 0) is 12.8 Å². The van der Waals surface area contributed by atoms with Gasteiger partial charge in [-0.2, -0.15) is 5.10 Å². The molecule has 1 saturated carbocycles. The molecule has 1 aromatic heterocycles. The molecule has 1 aromatic rings. The van der Waals surface area contributed by atoms with E-state index >= 15 is 0 Å². The lowest BCUT2D eigenvalue weighted by Crippen LogP contribution is -2.48. The normalized spacial score (nSPS) is 20.9. The quantitative estimate of drug-likeness (QED) is 0.746. The first-order valence-electron chi connectivity index (χ1n) is 6.75. The summed E-state index contributed by atoms with van der Waals surface area (Å²) < 4.78 is 0. The summed E-state index contributed by atoms with van der Waals surface area (Å²) in [5.74, 6) is -0.158. The van der Waals surface area contributed by atoms with Gasteiger partial charge in [-0.15, -0.1) is 0 Å². The molecule has 0 bridgehead atoms. The Labute approximate surface area is 106 Å². The summed E-state index contributed by atoms with van der Waals surface area (Å²) in [7, 11) is 0. The second-order valence-corrected chi connectivity index (χ2v) is 5.50. The highest BCUT2D eigenvalue weighted by atomic mass is 16.3. The van der Waals surface area contributed by atoms with E-state index in [1.807, 2.05) is 0 Å². The molecule has 0 saturated heterocycles. The van der Waals surface area contributed by atoms with E-state index < -0.39 is 5.60 Å². The van der Waals surface area contributed by atoms with Gasteiger partial charge in [0.15, 0.2) is 5.69 Å². The van der Waals surface area contributed by atoms with Crippen molar-refractivity contribution < 1.29 is 9.90 Å². The van der Waals surface area contributed by atoms with E-state index in [0.29, 0.717) is 12.2 Å². The maximum absolute atomic E-state index is 12.1. The van der Waals surface area contributed by atoms with E-state index in [9.17, 15) is 9.90 Å². The maximum Gasteiger partial charge on any atom is 0.272 e. The molecule has 1 heterocycles. The third-order valence-corrected chi connectivity index (χ3v) is 4.13. The molecule has 98 valence electrons. The van der Waals surface area contributed by atoms with Crippen LogP contribution in [0.2, 0.25) is 0 Å². The fourth-order valence-electron chi connectivity index (χ4n) is 2.76. The first kappa shape index (κ1) is 11.7. The largest absolute Gasteiger partial charge is 0.388 e. The summed E-state index contributed by atoms with van der Waals surface area (Å²) in [5, 5.41) is 19.8. The van der Waals surface area contributed by atoms with Crippen LogP contribution in [0, 0.1) is 0 Å². The Morgan fingerprint density at radius 3 is 2.83 bits per heavy atom. The molecule has 0 aromatic carbocycles. The molecule has 3 rings (SSSR count). The first-order chi connectivity index (χ1) is 8.68. The number of rotatable bonds is 3. The number of aromatic nitrogens is 2. The topological polar surface area (TPSA) is 78.0 Å². The van der Waals surface area contributed by atoms with Crippen molar-refractivity contribution in [3.8, 4) is 0 Å². The number of amides is 1. The molecule has 0 aliphatic heterocycles. The smallest absolute Gasteiger partial charge is 0.272 e. The lowest BCUT2D eigenvalue weighted by Gasteiger charge is -2.36. The molecule has 3 N–H and O–H groups in total. The minimum Gasteiger partial charge on any atom is -0.388 e. The number of aromatic amines is 1. The van der Waals surface area contributed by atoms with Gasteiger partial charge in [-0.05, 0) is 44.9 Å². The van der Waals surface area contributed by atoms with Crippen molar-refractivity contribution in [3.63, 3.8) is 0 Å². The van der Waals surface area contributed by atoms with Crippen molar-refractivity contribution in [1.82, 2.24) is 15.5 Å². The second kappa shape index (κ2) is 4.39. The van der Waals surface area contributed by atoms with Crippen molar-refractivity contribution in [2.24, 2.45) is 0 Å². The minimum absolute atomic E-state index is 0.158. The molecule has 0 spiro atoms. The van der Waals surface area contributed by atoms with Crippen LogP contribution in [0.1, 0.15) is 53.8 Å². The lowest BCUT2D eigenvalue weighted by atomic mass is 9.80. The molecule has 2 aliphatic carbocycles. The van der Waals surface area contributed by atoms with Crippen LogP contribution in [0.3, 0.4) is 0 Å². The second-order valence-electron chi connectivity index (χ2n) is 5.50. The third kappa shape index (κ3) is 2.03. The predicted molar refractivity (Wildman–Crippen MR) is 66.4 cm³/mol. The van der Waals surface area contributed by atoms with Crippen molar-refractivity contribution in [2.75, 3.05) is 6.54 Å². The van der Waals surface area contributed by atoms with Gasteiger partial charge in [0.1, 0.15) is 0 Å². The van der Waals surface area contributed by atoms with Crippen molar-refractivity contribution in [1.29, 1.82) is 0 Å². The number of fused-ring (bicyclic) bond motifs is 1. The van der Waals surface area contributed by atoms with Gasteiger partial charge >= 0.3 is 0 Å². The van der Waals surface area contributed by atoms with Gasteiger partial charge in [0.2, 0.25) is 0 Å². The number of hydrogen-bond donors (Lipinski definition) is 3. The van der Waals surface area contributed by atoms with E-state index in [1.54, 1.807) is 0 Å². The van der Waals surface area contributed by atoms with Crippen LogP contribution < -0.4 is 5.32 Å². The summed E-state index contributed by atoms with van der Waals surface area (Å²) in [6.07, 6.45) is 6.81. The third-order valence-electron chi connectivity index (χ3n) is 4.13. The van der Waals surface area contributed by atoms with E-state index in [1.165, 1.54) is 0 Å². The number of carbonyl (C=O) groups excluding carboxylic acids is 1. The van der Waals surface area contributed by atoms with Crippen LogP contribution in [0.4, 0.5) is 0 Å². The molecular formula is C13H19N3O2. The predicted octanol–water partition coefficient (Wildman–Crippen LogP) is 0.933. The van der Waals surface area contributed by atoms with Crippen LogP contribution in [0.5, 0.6) is 0 Å². The highest BCUT2D eigenvalue weighted by molar-refractivity contribution is 5.94. The number of carbonyl (C=O) groups is 1. The average molecular weight is 249 g/mol. The van der Waals surface area contributed by atoms with Crippen LogP contribution in [0.15, 0.2) is 0 Å². The zero-order chi connectivity index (χ0) is 12.6. The summed E-state index contributed by atoms with van der Waals surface area (Å²) in [5.41, 5.74) is 2.02. The van der Waals surface area contributed by atoms with E-state index in [4.69, 9.17) is 0 Å². The van der Waals surface area contributed by atoms with Crippen molar-refractivity contribution in [2.45, 2.75) is 50.5 Å². The van der Waals surface area contributed by atoms with Crippen molar-refractivity contribution in [3.05, 3.63) is 17.0 Å². The first-order valence-corrected chi connectivity index (χ1v) is 6.75. The van der Waals surface area contributed by atoms with Crippen LogP contribution in [0.25, 0.3) is 0 Å². The van der Waals surface area contributed by atoms with Gasteiger partial charge in [0.25, 0.3) is 5.91 Å². The maximum atomic E-state index is 12.1. The number of hydrogen-bond acceptors (Lipinski definition) is 3. The molecule has 0 atom stereocenters. The standard InChI is InChI=1S/C13H19N3O2/c17-12(14-8-13(18)6-3-7-13)11-9-4-1-2-5-10(9)15-16-11/h18H,1-8H2,(H,14,17)(H,15,16). The zero-order valence-electron chi connectivity index (χ0n) is 10.5. The van der Waals surface area contributed by atoms with Gasteiger partial charge < -0.3 is 10.4 Å². The Bertz CT molecular complexity index is 463. The Kier molecular flexibility index (Phi) is 2.86. The van der Waals surface area contributed by atoms with Gasteiger partial charge in [0.05, 0.1) is 5.60 Å². The molecule has 5 nitrogen and oxygen atoms in total. The fourth-order valence-corrected chi connectivity index (χ4v) is 2.76. The molecule has 0 unspecified atom stereocenters. The van der Waals surface area contributed by atoms with Crippen LogP contribution >= 0.6 is 0 Å². The molecule has 18 heavy (non-hydrogen) atoms. The number of aryl methyl sites for hydroxylation is 1. The number of nitrogens with zero attached hydrogens (tertiary/aromatic N) is 1. The SMILES string of the molecule is O=C(NCC1(O)CCC1)c1n[nH]c2c1CCCC2. The van der Waals surface area contributed by atoms with Gasteiger partial charge in [-0.25, -0.2) is 0 Å². The molecular weight excluding hydrogens is 230 g/mol.